The quantitative estimate of drug-likeness (QED) is 0.819. The number of nitrogens with one attached hydrogen (secondary N) is 1. The van der Waals surface area contributed by atoms with Crippen LogP contribution >= 0.6 is 0 Å². The Morgan fingerprint density at radius 3 is 2.53 bits per heavy atom. The largest absolute Gasteiger partial charge is 0.444 e. The molecule has 17 heavy (non-hydrogen) atoms. The average molecular weight is 242 g/mol. The fraction of sp³-hybridized carbons (Fsp3) is 0.417. The molecule has 1 aromatic carbocycles. The van der Waals surface area contributed by atoms with Crippen molar-refractivity contribution in [2.75, 3.05) is 5.32 Å². The first-order chi connectivity index (χ1) is 7.69. The van der Waals surface area contributed by atoms with Gasteiger partial charge in [0, 0.05) is 6.07 Å². The predicted octanol–water partition coefficient (Wildman–Crippen LogP) is 3.42. The Morgan fingerprint density at radius 2 is 2.00 bits per heavy atom. The van der Waals surface area contributed by atoms with Gasteiger partial charge in [0.2, 0.25) is 0 Å². The zero-order chi connectivity index (χ0) is 13.2. The molecule has 93 valence electrons. The number of aryl methyl sites for hydroxylation is 1. The topological polar surface area (TPSA) is 38.3 Å². The molecule has 3 nitrogen and oxygen atoms in total. The first-order valence-corrected chi connectivity index (χ1v) is 5.07. The second-order valence-electron chi connectivity index (χ2n) is 4.62. The van der Waals surface area contributed by atoms with Crippen molar-refractivity contribution in [2.45, 2.75) is 33.3 Å². The highest BCUT2D eigenvalue weighted by Gasteiger charge is 2.18. The predicted molar refractivity (Wildman–Crippen MR) is 59.8 cm³/mol. The maximum atomic E-state index is 13.3. The third-order valence-electron chi connectivity index (χ3n) is 1.73. The van der Waals surface area contributed by atoms with Crippen molar-refractivity contribution < 1.29 is 18.3 Å². The molecule has 1 radical (unpaired) electrons. The van der Waals surface area contributed by atoms with Crippen LogP contribution in [0.1, 0.15) is 26.3 Å². The summed E-state index contributed by atoms with van der Waals surface area (Å²) in [7, 11) is 0. The molecule has 1 aromatic rings. The van der Waals surface area contributed by atoms with Crippen LogP contribution in [0.4, 0.5) is 19.3 Å². The zero-order valence-corrected chi connectivity index (χ0v) is 10.1. The Balaban J connectivity index is 2.85. The van der Waals surface area contributed by atoms with E-state index in [1.807, 2.05) is 0 Å². The SMILES string of the molecule is Cc1[c]c(F)c(F)c(NC(=O)OC(C)(C)C)c1. The summed E-state index contributed by atoms with van der Waals surface area (Å²) >= 11 is 0. The van der Waals surface area contributed by atoms with E-state index in [-0.39, 0.29) is 5.69 Å². The maximum Gasteiger partial charge on any atom is 0.412 e. The second kappa shape index (κ2) is 4.69. The van der Waals surface area contributed by atoms with Gasteiger partial charge in [-0.15, -0.1) is 0 Å². The number of rotatable bonds is 1. The molecule has 0 heterocycles. The molecule has 0 aliphatic rings. The van der Waals surface area contributed by atoms with Gasteiger partial charge in [-0.1, -0.05) is 0 Å². The lowest BCUT2D eigenvalue weighted by Gasteiger charge is -2.19. The van der Waals surface area contributed by atoms with E-state index in [0.29, 0.717) is 5.56 Å². The van der Waals surface area contributed by atoms with Crippen molar-refractivity contribution in [3.63, 3.8) is 0 Å². The third-order valence-corrected chi connectivity index (χ3v) is 1.73. The Labute approximate surface area is 98.8 Å². The fourth-order valence-corrected chi connectivity index (χ4v) is 1.17. The van der Waals surface area contributed by atoms with Crippen LogP contribution in [0.15, 0.2) is 6.07 Å². The van der Waals surface area contributed by atoms with Gasteiger partial charge in [-0.05, 0) is 39.3 Å². The molecule has 1 amide bonds. The Hall–Kier alpha value is -1.65. The Bertz CT molecular complexity index is 439. The average Bonchev–Trinajstić information content (AvgIpc) is 2.10. The highest BCUT2D eigenvalue weighted by atomic mass is 19.2. The van der Waals surface area contributed by atoms with Crippen LogP contribution in [0.25, 0.3) is 0 Å². The van der Waals surface area contributed by atoms with Gasteiger partial charge in [0.05, 0.1) is 5.69 Å². The van der Waals surface area contributed by atoms with E-state index in [9.17, 15) is 13.6 Å². The van der Waals surface area contributed by atoms with E-state index in [2.05, 4.69) is 11.4 Å². The molecule has 0 saturated heterocycles. The van der Waals surface area contributed by atoms with Gasteiger partial charge in [-0.3, -0.25) is 5.32 Å². The summed E-state index contributed by atoms with van der Waals surface area (Å²) in [6.07, 6.45) is -0.832. The van der Waals surface area contributed by atoms with Crippen LogP contribution in [0.2, 0.25) is 0 Å². The zero-order valence-electron chi connectivity index (χ0n) is 10.1. The number of halogens is 2. The third kappa shape index (κ3) is 4.01. The normalized spacial score (nSPS) is 11.2. The van der Waals surface area contributed by atoms with E-state index in [1.54, 1.807) is 27.7 Å². The van der Waals surface area contributed by atoms with Crippen LogP contribution in [0.3, 0.4) is 0 Å². The highest BCUT2D eigenvalue weighted by molar-refractivity contribution is 5.85. The standard InChI is InChI=1S/C12H14F2NO2/c1-7-5-8(13)10(14)9(6-7)15-11(16)17-12(2,3)4/h6H,1-4H3,(H,15,16). The fourth-order valence-electron chi connectivity index (χ4n) is 1.17. The lowest BCUT2D eigenvalue weighted by molar-refractivity contribution is 0.0635. The number of carbonyl (C=O) groups excluding carboxylic acids is 1. The van der Waals surface area contributed by atoms with Crippen molar-refractivity contribution in [3.8, 4) is 0 Å². The second-order valence-corrected chi connectivity index (χ2v) is 4.62. The van der Waals surface area contributed by atoms with Gasteiger partial charge in [-0.25, -0.2) is 13.6 Å². The monoisotopic (exact) mass is 242 g/mol. The molecule has 0 bridgehead atoms. The highest BCUT2D eigenvalue weighted by Crippen LogP contribution is 2.20. The molecule has 1 rings (SSSR count). The minimum Gasteiger partial charge on any atom is -0.444 e. The summed E-state index contributed by atoms with van der Waals surface area (Å²) < 4.78 is 31.2. The molecule has 0 unspecified atom stereocenters. The number of ether oxygens (including phenoxy) is 1. The summed E-state index contributed by atoms with van der Waals surface area (Å²) in [4.78, 5) is 11.4. The van der Waals surface area contributed by atoms with Crippen LogP contribution < -0.4 is 5.32 Å². The first kappa shape index (κ1) is 13.4. The Kier molecular flexibility index (Phi) is 3.70. The number of hydrogen-bond acceptors (Lipinski definition) is 2. The van der Waals surface area contributed by atoms with E-state index >= 15 is 0 Å². The molecule has 0 fully saturated rings. The number of carbonyl (C=O) groups is 1. The van der Waals surface area contributed by atoms with Crippen molar-refractivity contribution in [2.24, 2.45) is 0 Å². The lowest BCUT2D eigenvalue weighted by atomic mass is 10.2. The molecule has 0 aliphatic heterocycles. The summed E-state index contributed by atoms with van der Waals surface area (Å²) in [5, 5.41) is 2.15. The van der Waals surface area contributed by atoms with Gasteiger partial charge in [-0.2, -0.15) is 0 Å². The van der Waals surface area contributed by atoms with Gasteiger partial charge in [0.25, 0.3) is 0 Å². The van der Waals surface area contributed by atoms with Crippen molar-refractivity contribution in [1.82, 2.24) is 0 Å². The van der Waals surface area contributed by atoms with Crippen molar-refractivity contribution in [3.05, 3.63) is 29.3 Å². The molecule has 0 saturated carbocycles. The maximum absolute atomic E-state index is 13.3. The van der Waals surface area contributed by atoms with E-state index < -0.39 is 23.3 Å². The minimum atomic E-state index is -1.15. The number of hydrogen-bond donors (Lipinski definition) is 1. The van der Waals surface area contributed by atoms with Crippen molar-refractivity contribution >= 4 is 11.8 Å². The summed E-state index contributed by atoms with van der Waals surface area (Å²) in [6.45, 7) is 6.57. The lowest BCUT2D eigenvalue weighted by Crippen LogP contribution is -2.27. The van der Waals surface area contributed by atoms with Crippen LogP contribution in [-0.2, 0) is 4.74 Å². The number of amides is 1. The van der Waals surface area contributed by atoms with Crippen LogP contribution in [0, 0.1) is 24.6 Å². The summed E-state index contributed by atoms with van der Waals surface area (Å²) in [5.74, 6) is -2.28. The smallest absolute Gasteiger partial charge is 0.412 e. The van der Waals surface area contributed by atoms with E-state index in [1.165, 1.54) is 6.07 Å². The van der Waals surface area contributed by atoms with Crippen LogP contribution in [-0.4, -0.2) is 11.7 Å². The summed E-state index contributed by atoms with van der Waals surface area (Å²) in [5.41, 5.74) is -0.572. The van der Waals surface area contributed by atoms with Gasteiger partial charge >= 0.3 is 6.09 Å². The van der Waals surface area contributed by atoms with Gasteiger partial charge in [0.1, 0.15) is 5.60 Å². The molecule has 0 aromatic heterocycles. The van der Waals surface area contributed by atoms with Gasteiger partial charge < -0.3 is 4.74 Å². The number of benzene rings is 1. The molecule has 0 atom stereocenters. The molecule has 5 heteroatoms. The van der Waals surface area contributed by atoms with Crippen LogP contribution in [0.5, 0.6) is 0 Å². The van der Waals surface area contributed by atoms with E-state index in [0.717, 1.165) is 0 Å². The Morgan fingerprint density at radius 1 is 1.41 bits per heavy atom. The summed E-state index contributed by atoms with van der Waals surface area (Å²) in [6, 6.07) is 3.45. The molecule has 1 N–H and O–H groups in total. The molecule has 0 aliphatic carbocycles. The number of anilines is 1. The van der Waals surface area contributed by atoms with Crippen molar-refractivity contribution in [1.29, 1.82) is 0 Å². The van der Waals surface area contributed by atoms with Gasteiger partial charge in [0.15, 0.2) is 11.6 Å². The molecular weight excluding hydrogens is 228 g/mol. The molecular formula is C12H14F2NO2. The minimum absolute atomic E-state index is 0.256. The molecule has 0 spiro atoms. The first-order valence-electron chi connectivity index (χ1n) is 5.07. The van der Waals surface area contributed by atoms with E-state index in [4.69, 9.17) is 4.74 Å².